The molecule has 1 fully saturated rings. The molecule has 3 heterocycles. The van der Waals surface area contributed by atoms with Crippen molar-refractivity contribution in [2.45, 2.75) is 12.7 Å². The highest BCUT2D eigenvalue weighted by atomic mass is 16.2. The van der Waals surface area contributed by atoms with Crippen molar-refractivity contribution in [3.05, 3.63) is 72.2 Å². The van der Waals surface area contributed by atoms with E-state index in [0.29, 0.717) is 6.54 Å². The van der Waals surface area contributed by atoms with Gasteiger partial charge in [0.05, 0.1) is 12.2 Å². The van der Waals surface area contributed by atoms with E-state index in [2.05, 4.69) is 27.3 Å². The monoisotopic (exact) mass is 292 g/mol. The molecule has 22 heavy (non-hydrogen) atoms. The Hall–Kier alpha value is -2.66. The number of imidazole rings is 1. The molecule has 4 rings (SSSR count). The van der Waals surface area contributed by atoms with Crippen LogP contribution in [0.2, 0.25) is 0 Å². The minimum Gasteiger partial charge on any atom is -0.334 e. The van der Waals surface area contributed by atoms with Crippen LogP contribution in [-0.2, 0) is 11.3 Å². The van der Waals surface area contributed by atoms with E-state index < -0.39 is 0 Å². The lowest BCUT2D eigenvalue weighted by atomic mass is 10.2. The number of hydrogen-bond donors (Lipinski definition) is 1. The minimum absolute atomic E-state index is 0.0537. The van der Waals surface area contributed by atoms with Gasteiger partial charge >= 0.3 is 0 Å². The maximum Gasteiger partial charge on any atom is 0.235 e. The fourth-order valence-corrected chi connectivity index (χ4v) is 2.98. The molecule has 0 spiro atoms. The van der Waals surface area contributed by atoms with Gasteiger partial charge in [-0.1, -0.05) is 36.4 Å². The first kappa shape index (κ1) is 13.0. The van der Waals surface area contributed by atoms with Gasteiger partial charge in [-0.05, 0) is 17.7 Å². The van der Waals surface area contributed by atoms with E-state index in [1.165, 1.54) is 5.56 Å². The minimum atomic E-state index is -0.134. The number of fused-ring (bicyclic) bond motifs is 1. The molecule has 1 saturated heterocycles. The molecule has 0 aliphatic carbocycles. The average molecular weight is 292 g/mol. The maximum atomic E-state index is 11.9. The molecule has 1 aliphatic rings. The first-order valence-corrected chi connectivity index (χ1v) is 7.30. The van der Waals surface area contributed by atoms with Gasteiger partial charge in [0.1, 0.15) is 11.8 Å². The summed E-state index contributed by atoms with van der Waals surface area (Å²) in [6, 6.07) is 16.2. The third-order valence-electron chi connectivity index (χ3n) is 3.98. The van der Waals surface area contributed by atoms with Crippen molar-refractivity contribution >= 4 is 11.6 Å². The number of benzene rings is 1. The summed E-state index contributed by atoms with van der Waals surface area (Å²) in [6.07, 6.45) is 3.57. The zero-order valence-electron chi connectivity index (χ0n) is 12.0. The lowest BCUT2D eigenvalue weighted by molar-refractivity contribution is -0.118. The van der Waals surface area contributed by atoms with E-state index in [4.69, 9.17) is 0 Å². The Morgan fingerprint density at radius 2 is 2.00 bits per heavy atom. The summed E-state index contributed by atoms with van der Waals surface area (Å²) in [5.41, 5.74) is 3.11. The molecule has 5 heteroatoms. The average Bonchev–Trinajstić information content (AvgIpc) is 3.14. The summed E-state index contributed by atoms with van der Waals surface area (Å²) in [6.45, 7) is 1.14. The standard InChI is InChI=1S/C17H16N4O/c22-16-12-20(11-13-5-2-1-3-6-13)17(19-16)14-7-4-8-15-18-9-10-21(14)15/h1-10,17H,11-12H2,(H,19,22). The van der Waals surface area contributed by atoms with E-state index >= 15 is 0 Å². The first-order chi connectivity index (χ1) is 10.8. The van der Waals surface area contributed by atoms with Crippen LogP contribution in [0.25, 0.3) is 5.65 Å². The summed E-state index contributed by atoms with van der Waals surface area (Å²) in [7, 11) is 0. The van der Waals surface area contributed by atoms with E-state index in [-0.39, 0.29) is 12.1 Å². The van der Waals surface area contributed by atoms with Gasteiger partial charge in [-0.3, -0.25) is 9.69 Å². The lowest BCUT2D eigenvalue weighted by Crippen LogP contribution is -2.29. The predicted molar refractivity (Wildman–Crippen MR) is 82.9 cm³/mol. The van der Waals surface area contributed by atoms with Crippen molar-refractivity contribution in [3.63, 3.8) is 0 Å². The van der Waals surface area contributed by atoms with Gasteiger partial charge in [0, 0.05) is 18.9 Å². The van der Waals surface area contributed by atoms with Gasteiger partial charge in [0.2, 0.25) is 5.91 Å². The summed E-state index contributed by atoms with van der Waals surface area (Å²) in [4.78, 5) is 18.4. The van der Waals surface area contributed by atoms with Crippen LogP contribution in [0.1, 0.15) is 17.4 Å². The summed E-state index contributed by atoms with van der Waals surface area (Å²) >= 11 is 0. The number of nitrogens with zero attached hydrogens (tertiary/aromatic N) is 3. The molecule has 1 N–H and O–H groups in total. The molecular weight excluding hydrogens is 276 g/mol. The van der Waals surface area contributed by atoms with Crippen molar-refractivity contribution in [1.82, 2.24) is 19.6 Å². The van der Waals surface area contributed by atoms with E-state index in [9.17, 15) is 4.79 Å². The van der Waals surface area contributed by atoms with Crippen LogP contribution in [0.4, 0.5) is 0 Å². The number of aromatic nitrogens is 2. The van der Waals surface area contributed by atoms with E-state index in [1.807, 2.05) is 47.0 Å². The third kappa shape index (κ3) is 2.25. The SMILES string of the molecule is O=C1CN(Cc2ccccc2)C(c2cccc3nccn23)N1. The first-order valence-electron chi connectivity index (χ1n) is 7.30. The second-order valence-corrected chi connectivity index (χ2v) is 5.47. The molecule has 3 aromatic rings. The number of carbonyl (C=O) groups is 1. The molecule has 0 saturated carbocycles. The van der Waals surface area contributed by atoms with Gasteiger partial charge in [-0.25, -0.2) is 4.98 Å². The number of rotatable bonds is 3. The molecular formula is C17H16N4O. The van der Waals surface area contributed by atoms with Crippen molar-refractivity contribution in [2.75, 3.05) is 6.54 Å². The highest BCUT2D eigenvalue weighted by molar-refractivity contribution is 5.80. The third-order valence-corrected chi connectivity index (χ3v) is 3.98. The quantitative estimate of drug-likeness (QED) is 0.803. The number of carbonyl (C=O) groups excluding carboxylic acids is 1. The van der Waals surface area contributed by atoms with Crippen molar-refractivity contribution in [2.24, 2.45) is 0 Å². The van der Waals surface area contributed by atoms with Crippen LogP contribution in [0.3, 0.4) is 0 Å². The lowest BCUT2D eigenvalue weighted by Gasteiger charge is -2.24. The predicted octanol–water partition coefficient (Wildman–Crippen LogP) is 1.96. The number of pyridine rings is 1. The van der Waals surface area contributed by atoms with Crippen molar-refractivity contribution in [3.8, 4) is 0 Å². The maximum absolute atomic E-state index is 11.9. The normalized spacial score (nSPS) is 18.7. The van der Waals surface area contributed by atoms with Crippen LogP contribution >= 0.6 is 0 Å². The molecule has 1 atom stereocenters. The Kier molecular flexibility index (Phi) is 3.12. The number of nitrogens with one attached hydrogen (secondary N) is 1. The zero-order chi connectivity index (χ0) is 14.9. The summed E-state index contributed by atoms with van der Waals surface area (Å²) in [5, 5.41) is 3.06. The zero-order valence-corrected chi connectivity index (χ0v) is 12.0. The Morgan fingerprint density at radius 3 is 2.86 bits per heavy atom. The Bertz CT molecular complexity index is 812. The molecule has 110 valence electrons. The number of amides is 1. The molecule has 2 aromatic heterocycles. The smallest absolute Gasteiger partial charge is 0.235 e. The van der Waals surface area contributed by atoms with Crippen LogP contribution in [0, 0.1) is 0 Å². The second-order valence-electron chi connectivity index (χ2n) is 5.47. The van der Waals surface area contributed by atoms with Crippen molar-refractivity contribution < 1.29 is 4.79 Å². The largest absolute Gasteiger partial charge is 0.334 e. The molecule has 0 radical (unpaired) electrons. The van der Waals surface area contributed by atoms with E-state index in [1.54, 1.807) is 6.20 Å². The number of hydrogen-bond acceptors (Lipinski definition) is 3. The highest BCUT2D eigenvalue weighted by Gasteiger charge is 2.32. The molecule has 1 aliphatic heterocycles. The van der Waals surface area contributed by atoms with Crippen molar-refractivity contribution in [1.29, 1.82) is 0 Å². The molecule has 1 amide bonds. The van der Waals surface area contributed by atoms with Gasteiger partial charge in [0.25, 0.3) is 0 Å². The Balaban J connectivity index is 1.70. The second kappa shape index (κ2) is 5.27. The molecule has 1 aromatic carbocycles. The Morgan fingerprint density at radius 1 is 1.14 bits per heavy atom. The van der Waals surface area contributed by atoms with Crippen LogP contribution in [-0.4, -0.2) is 26.7 Å². The molecule has 1 unspecified atom stereocenters. The summed E-state index contributed by atoms with van der Waals surface area (Å²) < 4.78 is 2.02. The molecule has 0 bridgehead atoms. The Labute approximate surface area is 128 Å². The van der Waals surface area contributed by atoms with Gasteiger partial charge in [0.15, 0.2) is 0 Å². The fourth-order valence-electron chi connectivity index (χ4n) is 2.98. The fraction of sp³-hybridized carbons (Fsp3) is 0.176. The van der Waals surface area contributed by atoms with Crippen LogP contribution in [0.5, 0.6) is 0 Å². The highest BCUT2D eigenvalue weighted by Crippen LogP contribution is 2.24. The van der Waals surface area contributed by atoms with Gasteiger partial charge in [-0.2, -0.15) is 0 Å². The van der Waals surface area contributed by atoms with Gasteiger partial charge in [-0.15, -0.1) is 0 Å². The van der Waals surface area contributed by atoms with Crippen LogP contribution < -0.4 is 5.32 Å². The van der Waals surface area contributed by atoms with Crippen LogP contribution in [0.15, 0.2) is 60.9 Å². The van der Waals surface area contributed by atoms with Gasteiger partial charge < -0.3 is 9.72 Å². The van der Waals surface area contributed by atoms with E-state index in [0.717, 1.165) is 17.9 Å². The molecule has 5 nitrogen and oxygen atoms in total. The summed E-state index contributed by atoms with van der Waals surface area (Å²) in [5.74, 6) is 0.0537. The topological polar surface area (TPSA) is 49.6 Å².